The number of methoxy groups -OCH3 is 1. The van der Waals surface area contributed by atoms with Gasteiger partial charge in [0.25, 0.3) is 0 Å². The third-order valence-electron chi connectivity index (χ3n) is 5.82. The molecule has 150 valence electrons. The Labute approximate surface area is 174 Å². The van der Waals surface area contributed by atoms with Crippen molar-refractivity contribution in [1.82, 2.24) is 10.2 Å². The number of nitrogens with one attached hydrogen (secondary N) is 1. The van der Waals surface area contributed by atoms with Gasteiger partial charge in [0, 0.05) is 19.1 Å². The minimum absolute atomic E-state index is 0.611. The molecule has 1 N–H and O–H groups in total. The average Bonchev–Trinajstić information content (AvgIpc) is 2.80. The van der Waals surface area contributed by atoms with Crippen molar-refractivity contribution in [1.29, 1.82) is 0 Å². The molecule has 3 nitrogen and oxygen atoms in total. The van der Waals surface area contributed by atoms with E-state index >= 15 is 0 Å². The molecule has 3 aromatic rings. The molecule has 0 radical (unpaired) electrons. The molecular formula is C26H30N2O. The van der Waals surface area contributed by atoms with Crippen LogP contribution in [0.2, 0.25) is 0 Å². The molecule has 1 fully saturated rings. The summed E-state index contributed by atoms with van der Waals surface area (Å²) >= 11 is 0. The highest BCUT2D eigenvalue weighted by atomic mass is 16.5. The van der Waals surface area contributed by atoms with Gasteiger partial charge in [0.15, 0.2) is 0 Å². The summed E-state index contributed by atoms with van der Waals surface area (Å²) in [4.78, 5) is 2.58. The van der Waals surface area contributed by atoms with Gasteiger partial charge in [0.05, 0.1) is 7.11 Å². The van der Waals surface area contributed by atoms with Gasteiger partial charge in [0.1, 0.15) is 5.75 Å². The number of piperidine rings is 1. The first-order chi connectivity index (χ1) is 14.3. The number of benzene rings is 3. The maximum atomic E-state index is 5.42. The van der Waals surface area contributed by atoms with Crippen LogP contribution in [0.25, 0.3) is 11.1 Å². The molecule has 4 rings (SSSR count). The van der Waals surface area contributed by atoms with E-state index in [2.05, 4.69) is 83.0 Å². The van der Waals surface area contributed by atoms with Crippen LogP contribution in [0.1, 0.15) is 24.0 Å². The van der Waals surface area contributed by atoms with Crippen molar-refractivity contribution in [2.24, 2.45) is 0 Å². The van der Waals surface area contributed by atoms with Crippen LogP contribution in [0.5, 0.6) is 5.75 Å². The quantitative estimate of drug-likeness (QED) is 0.610. The van der Waals surface area contributed by atoms with Gasteiger partial charge in [0.2, 0.25) is 0 Å². The molecule has 0 atom stereocenters. The second-order valence-corrected chi connectivity index (χ2v) is 7.81. The van der Waals surface area contributed by atoms with Gasteiger partial charge in [-0.2, -0.15) is 0 Å². The Morgan fingerprint density at radius 3 is 2.45 bits per heavy atom. The second kappa shape index (κ2) is 9.73. The van der Waals surface area contributed by atoms with Crippen LogP contribution in [-0.2, 0) is 13.1 Å². The molecule has 0 spiro atoms. The minimum Gasteiger partial charge on any atom is -0.497 e. The summed E-state index contributed by atoms with van der Waals surface area (Å²) < 4.78 is 5.42. The molecule has 0 aliphatic carbocycles. The second-order valence-electron chi connectivity index (χ2n) is 7.81. The number of hydrogen-bond donors (Lipinski definition) is 1. The Morgan fingerprint density at radius 1 is 0.897 bits per heavy atom. The topological polar surface area (TPSA) is 24.5 Å². The van der Waals surface area contributed by atoms with Gasteiger partial charge in [-0.15, -0.1) is 0 Å². The van der Waals surface area contributed by atoms with Crippen LogP contribution in [-0.4, -0.2) is 31.1 Å². The zero-order chi connectivity index (χ0) is 19.9. The summed E-state index contributed by atoms with van der Waals surface area (Å²) in [6.07, 6.45) is 2.41. The van der Waals surface area contributed by atoms with Crippen molar-refractivity contribution in [2.75, 3.05) is 20.2 Å². The smallest absolute Gasteiger partial charge is 0.119 e. The van der Waals surface area contributed by atoms with E-state index in [-0.39, 0.29) is 0 Å². The van der Waals surface area contributed by atoms with Crippen molar-refractivity contribution in [3.8, 4) is 16.9 Å². The Kier molecular flexibility index (Phi) is 6.60. The third-order valence-corrected chi connectivity index (χ3v) is 5.82. The van der Waals surface area contributed by atoms with E-state index in [4.69, 9.17) is 4.74 Å². The maximum Gasteiger partial charge on any atom is 0.119 e. The first kappa shape index (κ1) is 19.7. The average molecular weight is 387 g/mol. The maximum absolute atomic E-state index is 5.42. The van der Waals surface area contributed by atoms with Gasteiger partial charge >= 0.3 is 0 Å². The van der Waals surface area contributed by atoms with E-state index in [0.29, 0.717) is 6.04 Å². The van der Waals surface area contributed by atoms with Gasteiger partial charge in [-0.05, 0) is 60.3 Å². The van der Waals surface area contributed by atoms with E-state index in [1.165, 1.54) is 35.1 Å². The van der Waals surface area contributed by atoms with Crippen LogP contribution in [0.3, 0.4) is 0 Å². The lowest BCUT2D eigenvalue weighted by Crippen LogP contribution is -2.41. The van der Waals surface area contributed by atoms with Crippen LogP contribution < -0.4 is 10.1 Å². The Hall–Kier alpha value is -2.62. The molecular weight excluding hydrogens is 356 g/mol. The van der Waals surface area contributed by atoms with Crippen LogP contribution in [0.4, 0.5) is 0 Å². The van der Waals surface area contributed by atoms with Crippen LogP contribution in [0, 0.1) is 0 Å². The third kappa shape index (κ3) is 5.26. The molecule has 0 aromatic heterocycles. The minimum atomic E-state index is 0.611. The van der Waals surface area contributed by atoms with Gasteiger partial charge in [-0.25, -0.2) is 0 Å². The summed E-state index contributed by atoms with van der Waals surface area (Å²) in [6.45, 7) is 4.24. The normalized spacial score (nSPS) is 15.3. The van der Waals surface area contributed by atoms with E-state index in [1.807, 2.05) is 6.07 Å². The number of rotatable bonds is 7. The van der Waals surface area contributed by atoms with Crippen molar-refractivity contribution in [3.63, 3.8) is 0 Å². The molecule has 3 aromatic carbocycles. The van der Waals surface area contributed by atoms with Gasteiger partial charge in [-0.3, -0.25) is 4.90 Å². The molecule has 0 bridgehead atoms. The highest BCUT2D eigenvalue weighted by Crippen LogP contribution is 2.28. The highest BCUT2D eigenvalue weighted by molar-refractivity contribution is 5.68. The standard InChI is InChI=1S/C26H30N2O/c1-29-25-12-7-11-22(18-25)26-13-6-5-10-23(26)20-28-16-14-24(15-17-28)27-19-21-8-3-2-4-9-21/h2-13,18,24,27H,14-17,19-20H2,1H3. The van der Waals surface area contributed by atoms with Crippen molar-refractivity contribution >= 4 is 0 Å². The molecule has 0 saturated carbocycles. The fourth-order valence-corrected chi connectivity index (χ4v) is 4.12. The SMILES string of the molecule is COc1cccc(-c2ccccc2CN2CCC(NCc3ccccc3)CC2)c1. The number of nitrogens with zero attached hydrogens (tertiary/aromatic N) is 1. The molecule has 0 unspecified atom stereocenters. The Bertz CT molecular complexity index is 901. The fraction of sp³-hybridized carbons (Fsp3) is 0.308. The molecule has 1 aliphatic heterocycles. The first-order valence-electron chi connectivity index (χ1n) is 10.5. The predicted molar refractivity (Wildman–Crippen MR) is 120 cm³/mol. The summed E-state index contributed by atoms with van der Waals surface area (Å²) in [5.74, 6) is 0.905. The van der Waals surface area contributed by atoms with Crippen molar-refractivity contribution < 1.29 is 4.74 Å². The number of ether oxygens (including phenoxy) is 1. The summed E-state index contributed by atoms with van der Waals surface area (Å²) in [5.41, 5.74) is 5.27. The zero-order valence-corrected chi connectivity index (χ0v) is 17.2. The molecule has 0 amide bonds. The molecule has 1 saturated heterocycles. The Balaban J connectivity index is 1.35. The van der Waals surface area contributed by atoms with Crippen molar-refractivity contribution in [2.45, 2.75) is 32.0 Å². The van der Waals surface area contributed by atoms with Gasteiger partial charge in [-0.1, -0.05) is 66.7 Å². The summed E-state index contributed by atoms with van der Waals surface area (Å²) in [5, 5.41) is 3.73. The lowest BCUT2D eigenvalue weighted by molar-refractivity contribution is 0.190. The molecule has 1 aliphatic rings. The highest BCUT2D eigenvalue weighted by Gasteiger charge is 2.19. The van der Waals surface area contributed by atoms with E-state index in [9.17, 15) is 0 Å². The largest absolute Gasteiger partial charge is 0.497 e. The molecule has 1 heterocycles. The Morgan fingerprint density at radius 2 is 1.66 bits per heavy atom. The zero-order valence-electron chi connectivity index (χ0n) is 17.2. The first-order valence-corrected chi connectivity index (χ1v) is 10.5. The fourth-order valence-electron chi connectivity index (χ4n) is 4.12. The molecule has 3 heteroatoms. The monoisotopic (exact) mass is 386 g/mol. The lowest BCUT2D eigenvalue weighted by Gasteiger charge is -2.33. The number of hydrogen-bond acceptors (Lipinski definition) is 3. The van der Waals surface area contributed by atoms with E-state index < -0.39 is 0 Å². The van der Waals surface area contributed by atoms with Gasteiger partial charge < -0.3 is 10.1 Å². The van der Waals surface area contributed by atoms with Crippen LogP contribution in [0.15, 0.2) is 78.9 Å². The lowest BCUT2D eigenvalue weighted by atomic mass is 9.98. The van der Waals surface area contributed by atoms with E-state index in [0.717, 1.165) is 31.9 Å². The summed E-state index contributed by atoms with van der Waals surface area (Å²) in [7, 11) is 1.72. The summed E-state index contributed by atoms with van der Waals surface area (Å²) in [6, 6.07) is 28.4. The van der Waals surface area contributed by atoms with Crippen molar-refractivity contribution in [3.05, 3.63) is 90.0 Å². The number of likely N-dealkylation sites (tertiary alicyclic amines) is 1. The molecule has 29 heavy (non-hydrogen) atoms. The van der Waals surface area contributed by atoms with Crippen LogP contribution >= 0.6 is 0 Å². The van der Waals surface area contributed by atoms with E-state index in [1.54, 1.807) is 7.11 Å². The predicted octanol–water partition coefficient (Wildman–Crippen LogP) is 5.12.